The third-order valence-electron chi connectivity index (χ3n) is 6.11. The van der Waals surface area contributed by atoms with E-state index in [0.717, 1.165) is 47.0 Å². The number of carbonyl (C=O) groups is 1. The van der Waals surface area contributed by atoms with Crippen molar-refractivity contribution >= 4 is 45.0 Å². The lowest BCUT2D eigenvalue weighted by molar-refractivity contribution is -0.118. The Bertz CT molecular complexity index is 1040. The number of hydrogen-bond acceptors (Lipinski definition) is 4. The number of halogens is 1. The Kier molecular flexibility index (Phi) is 9.68. The zero-order valence-electron chi connectivity index (χ0n) is 20.2. The van der Waals surface area contributed by atoms with E-state index in [1.807, 2.05) is 4.90 Å². The van der Waals surface area contributed by atoms with Crippen LogP contribution < -0.4 is 4.90 Å². The molecule has 174 valence electrons. The normalized spacial score (nSPS) is 11.1. The van der Waals surface area contributed by atoms with Crippen molar-refractivity contribution in [3.8, 4) is 0 Å². The Morgan fingerprint density at radius 3 is 2.25 bits per heavy atom. The second kappa shape index (κ2) is 11.8. The van der Waals surface area contributed by atoms with Gasteiger partial charge in [0.05, 0.1) is 16.6 Å². The first kappa shape index (κ1) is 26.3. The van der Waals surface area contributed by atoms with E-state index in [2.05, 4.69) is 76.8 Å². The molecule has 6 heteroatoms. The quantitative estimate of drug-likeness (QED) is 0.375. The molecule has 1 aromatic heterocycles. The van der Waals surface area contributed by atoms with E-state index in [1.54, 1.807) is 11.3 Å². The minimum atomic E-state index is 0. The number of hydrogen-bond donors (Lipinski definition) is 0. The molecule has 0 fully saturated rings. The highest BCUT2D eigenvalue weighted by molar-refractivity contribution is 7.22. The average Bonchev–Trinajstić information content (AvgIpc) is 3.17. The van der Waals surface area contributed by atoms with Crippen LogP contribution in [0.4, 0.5) is 5.13 Å². The summed E-state index contributed by atoms with van der Waals surface area (Å²) in [7, 11) is 0. The minimum Gasteiger partial charge on any atom is -0.302 e. The van der Waals surface area contributed by atoms with Gasteiger partial charge >= 0.3 is 0 Å². The van der Waals surface area contributed by atoms with Gasteiger partial charge in [0, 0.05) is 13.1 Å². The van der Waals surface area contributed by atoms with Gasteiger partial charge in [-0.25, -0.2) is 4.98 Å². The van der Waals surface area contributed by atoms with Gasteiger partial charge in [-0.3, -0.25) is 9.69 Å². The molecule has 0 aliphatic rings. The van der Waals surface area contributed by atoms with Gasteiger partial charge < -0.3 is 4.90 Å². The van der Waals surface area contributed by atoms with Crippen LogP contribution in [0.2, 0.25) is 0 Å². The van der Waals surface area contributed by atoms with Crippen LogP contribution in [0.3, 0.4) is 0 Å². The van der Waals surface area contributed by atoms with Gasteiger partial charge in [-0.1, -0.05) is 61.9 Å². The SMILES string of the molecule is CCc1cccc2sc(N(CCN(CC)CC)C(=O)Cc3c(C)cc(C)cc3C)nc12.Cl. The molecule has 0 atom stereocenters. The summed E-state index contributed by atoms with van der Waals surface area (Å²) in [5.74, 6) is 0.124. The molecular formula is C26H36ClN3OS. The van der Waals surface area contributed by atoms with Crippen LogP contribution in [-0.4, -0.2) is 42.0 Å². The van der Waals surface area contributed by atoms with Crippen LogP contribution in [0.5, 0.6) is 0 Å². The lowest BCUT2D eigenvalue weighted by Gasteiger charge is -2.25. The molecule has 0 bridgehead atoms. The topological polar surface area (TPSA) is 36.4 Å². The van der Waals surface area contributed by atoms with Crippen molar-refractivity contribution in [3.63, 3.8) is 0 Å². The van der Waals surface area contributed by atoms with Gasteiger partial charge in [-0.05, 0) is 68.6 Å². The number of fused-ring (bicyclic) bond motifs is 1. The van der Waals surface area contributed by atoms with Crippen molar-refractivity contribution in [2.75, 3.05) is 31.1 Å². The summed E-state index contributed by atoms with van der Waals surface area (Å²) < 4.78 is 1.15. The molecular weight excluding hydrogens is 438 g/mol. The molecule has 0 saturated heterocycles. The Morgan fingerprint density at radius 1 is 1.00 bits per heavy atom. The van der Waals surface area contributed by atoms with Crippen molar-refractivity contribution in [3.05, 3.63) is 58.1 Å². The fraction of sp³-hybridized carbons (Fsp3) is 0.462. The third kappa shape index (κ3) is 5.89. The fourth-order valence-corrected chi connectivity index (χ4v) is 5.30. The van der Waals surface area contributed by atoms with Crippen LogP contribution >= 0.6 is 23.7 Å². The molecule has 0 N–H and O–H groups in total. The van der Waals surface area contributed by atoms with Crippen molar-refractivity contribution < 1.29 is 4.79 Å². The van der Waals surface area contributed by atoms with Crippen molar-refractivity contribution in [1.29, 1.82) is 0 Å². The summed E-state index contributed by atoms with van der Waals surface area (Å²) in [6.07, 6.45) is 1.35. The monoisotopic (exact) mass is 473 g/mol. The Hall–Kier alpha value is -1.95. The number of thiazole rings is 1. The van der Waals surface area contributed by atoms with E-state index < -0.39 is 0 Å². The van der Waals surface area contributed by atoms with Crippen LogP contribution in [0.1, 0.15) is 48.6 Å². The van der Waals surface area contributed by atoms with E-state index in [-0.39, 0.29) is 18.3 Å². The van der Waals surface area contributed by atoms with Crippen LogP contribution in [0.15, 0.2) is 30.3 Å². The number of nitrogens with zero attached hydrogens (tertiary/aromatic N) is 3. The molecule has 2 aromatic carbocycles. The average molecular weight is 474 g/mol. The molecule has 0 radical (unpaired) electrons. The lowest BCUT2D eigenvalue weighted by atomic mass is 9.97. The highest BCUT2D eigenvalue weighted by atomic mass is 35.5. The highest BCUT2D eigenvalue weighted by Gasteiger charge is 2.22. The number of aromatic nitrogens is 1. The molecule has 1 heterocycles. The van der Waals surface area contributed by atoms with Gasteiger partial charge in [0.15, 0.2) is 5.13 Å². The van der Waals surface area contributed by atoms with E-state index in [1.165, 1.54) is 22.3 Å². The molecule has 4 nitrogen and oxygen atoms in total. The number of para-hydroxylation sites is 1. The second-order valence-electron chi connectivity index (χ2n) is 8.24. The lowest BCUT2D eigenvalue weighted by Crippen LogP contribution is -2.39. The smallest absolute Gasteiger partial charge is 0.233 e. The Morgan fingerprint density at radius 2 is 1.66 bits per heavy atom. The van der Waals surface area contributed by atoms with Crippen molar-refractivity contribution in [2.45, 2.75) is 54.4 Å². The van der Waals surface area contributed by atoms with E-state index in [4.69, 9.17) is 4.98 Å². The van der Waals surface area contributed by atoms with Gasteiger partial charge in [0.2, 0.25) is 5.91 Å². The molecule has 3 rings (SSSR count). The minimum absolute atomic E-state index is 0. The largest absolute Gasteiger partial charge is 0.302 e. The summed E-state index contributed by atoms with van der Waals surface area (Å²) >= 11 is 1.63. The molecule has 0 saturated carbocycles. The molecule has 1 amide bonds. The Balaban J connectivity index is 0.00000363. The first-order valence-corrected chi connectivity index (χ1v) is 12.2. The Labute approximate surface area is 203 Å². The van der Waals surface area contributed by atoms with E-state index >= 15 is 0 Å². The van der Waals surface area contributed by atoms with Crippen LogP contribution in [-0.2, 0) is 17.6 Å². The van der Waals surface area contributed by atoms with Crippen LogP contribution in [0, 0.1) is 20.8 Å². The molecule has 3 aromatic rings. The standard InChI is InChI=1S/C26H35N3OS.ClH/c1-7-21-11-10-12-23-25(21)27-26(31-23)29(14-13-28(8-2)9-3)24(30)17-22-19(5)15-18(4)16-20(22)6;/h10-12,15-16H,7-9,13-14,17H2,1-6H3;1H. The first-order valence-electron chi connectivity index (χ1n) is 11.4. The number of likely N-dealkylation sites (N-methyl/N-ethyl adjacent to an activating group) is 1. The predicted octanol–water partition coefficient (Wildman–Crippen LogP) is 6.12. The van der Waals surface area contributed by atoms with Gasteiger partial charge in [0.1, 0.15) is 0 Å². The van der Waals surface area contributed by atoms with Crippen molar-refractivity contribution in [1.82, 2.24) is 9.88 Å². The molecule has 0 aliphatic carbocycles. The van der Waals surface area contributed by atoms with Crippen molar-refractivity contribution in [2.24, 2.45) is 0 Å². The van der Waals surface area contributed by atoms with E-state index in [9.17, 15) is 4.79 Å². The molecule has 0 aliphatic heterocycles. The first-order chi connectivity index (χ1) is 14.9. The zero-order valence-corrected chi connectivity index (χ0v) is 21.8. The fourth-order valence-electron chi connectivity index (χ4n) is 4.24. The highest BCUT2D eigenvalue weighted by Crippen LogP contribution is 2.31. The summed E-state index contributed by atoms with van der Waals surface area (Å²) in [4.78, 5) is 22.8. The number of rotatable bonds is 9. The van der Waals surface area contributed by atoms with Gasteiger partial charge in [-0.15, -0.1) is 12.4 Å². The molecule has 0 unspecified atom stereocenters. The van der Waals surface area contributed by atoms with Gasteiger partial charge in [0.25, 0.3) is 0 Å². The summed E-state index contributed by atoms with van der Waals surface area (Å²) in [5, 5.41) is 0.815. The third-order valence-corrected chi connectivity index (χ3v) is 7.15. The maximum atomic E-state index is 13.6. The number of benzene rings is 2. The van der Waals surface area contributed by atoms with E-state index in [0.29, 0.717) is 13.0 Å². The number of carbonyl (C=O) groups excluding carboxylic acids is 1. The van der Waals surface area contributed by atoms with Gasteiger partial charge in [-0.2, -0.15) is 0 Å². The predicted molar refractivity (Wildman–Crippen MR) is 141 cm³/mol. The number of aryl methyl sites for hydroxylation is 4. The maximum Gasteiger partial charge on any atom is 0.233 e. The summed E-state index contributed by atoms with van der Waals surface area (Å²) in [6, 6.07) is 10.7. The summed E-state index contributed by atoms with van der Waals surface area (Å²) in [6.45, 7) is 16.3. The maximum absolute atomic E-state index is 13.6. The number of amides is 1. The molecule has 0 spiro atoms. The molecule has 32 heavy (non-hydrogen) atoms. The number of anilines is 1. The summed E-state index contributed by atoms with van der Waals surface area (Å²) in [5.41, 5.74) is 7.02. The zero-order chi connectivity index (χ0) is 22.5. The van der Waals surface area contributed by atoms with Crippen LogP contribution in [0.25, 0.3) is 10.2 Å². The second-order valence-corrected chi connectivity index (χ2v) is 9.25.